The molecule has 0 fully saturated rings. The van der Waals surface area contributed by atoms with Crippen LogP contribution in [0.3, 0.4) is 0 Å². The average Bonchev–Trinajstić information content (AvgIpc) is 2.83. The first-order chi connectivity index (χ1) is 9.58. The van der Waals surface area contributed by atoms with Gasteiger partial charge in [0, 0.05) is 15.9 Å². The van der Waals surface area contributed by atoms with Crippen LogP contribution in [0.1, 0.15) is 23.8 Å². The van der Waals surface area contributed by atoms with Crippen molar-refractivity contribution in [2.45, 2.75) is 32.4 Å². The van der Waals surface area contributed by atoms with E-state index in [2.05, 4.69) is 28.9 Å². The van der Waals surface area contributed by atoms with Crippen molar-refractivity contribution in [3.05, 3.63) is 49.6 Å². The van der Waals surface area contributed by atoms with Crippen LogP contribution in [0, 0.1) is 0 Å². The van der Waals surface area contributed by atoms with Crippen molar-refractivity contribution in [2.24, 2.45) is 5.73 Å². The van der Waals surface area contributed by atoms with Gasteiger partial charge in [-0.3, -0.25) is 0 Å². The van der Waals surface area contributed by atoms with Gasteiger partial charge < -0.3 is 10.5 Å². The minimum absolute atomic E-state index is 0.131. The van der Waals surface area contributed by atoms with Gasteiger partial charge in [0.25, 0.3) is 0 Å². The van der Waals surface area contributed by atoms with Crippen LogP contribution in [0.2, 0.25) is 5.02 Å². The average molecular weight is 375 g/mol. The van der Waals surface area contributed by atoms with Gasteiger partial charge in [-0.2, -0.15) is 0 Å². The van der Waals surface area contributed by atoms with Crippen LogP contribution >= 0.6 is 38.9 Å². The zero-order valence-corrected chi connectivity index (χ0v) is 14.4. The van der Waals surface area contributed by atoms with E-state index in [1.54, 1.807) is 11.3 Å². The van der Waals surface area contributed by atoms with Gasteiger partial charge >= 0.3 is 0 Å². The van der Waals surface area contributed by atoms with E-state index in [0.717, 1.165) is 33.0 Å². The summed E-state index contributed by atoms with van der Waals surface area (Å²) in [5.41, 5.74) is 7.10. The van der Waals surface area contributed by atoms with E-state index in [9.17, 15) is 0 Å². The van der Waals surface area contributed by atoms with Gasteiger partial charge in [-0.15, -0.1) is 11.3 Å². The lowest BCUT2D eigenvalue weighted by Crippen LogP contribution is -2.21. The Hall–Kier alpha value is -0.550. The number of hydrogen-bond acceptors (Lipinski definition) is 3. The zero-order valence-electron chi connectivity index (χ0n) is 11.2. The maximum Gasteiger partial charge on any atom is 0.123 e. The van der Waals surface area contributed by atoms with Crippen LogP contribution < -0.4 is 10.5 Å². The molecule has 20 heavy (non-hydrogen) atoms. The van der Waals surface area contributed by atoms with Crippen molar-refractivity contribution in [1.82, 2.24) is 0 Å². The molecule has 0 aliphatic carbocycles. The highest BCUT2D eigenvalue weighted by Gasteiger charge is 2.09. The summed E-state index contributed by atoms with van der Waals surface area (Å²) in [7, 11) is 0. The Morgan fingerprint density at radius 3 is 2.80 bits per heavy atom. The van der Waals surface area contributed by atoms with E-state index < -0.39 is 0 Å². The second-order valence-electron chi connectivity index (χ2n) is 4.62. The largest absolute Gasteiger partial charge is 0.488 e. The van der Waals surface area contributed by atoms with Crippen LogP contribution in [0.15, 0.2) is 34.1 Å². The smallest absolute Gasteiger partial charge is 0.123 e. The third kappa shape index (κ3) is 4.48. The molecule has 0 aliphatic heterocycles. The van der Waals surface area contributed by atoms with Crippen molar-refractivity contribution in [3.63, 3.8) is 0 Å². The molecule has 1 aromatic carbocycles. The van der Waals surface area contributed by atoms with Crippen molar-refractivity contribution >= 4 is 38.9 Å². The molecule has 0 bridgehead atoms. The lowest BCUT2D eigenvalue weighted by Gasteiger charge is -2.14. The fraction of sp³-hybridized carbons (Fsp3) is 0.333. The predicted molar refractivity (Wildman–Crippen MR) is 89.8 cm³/mol. The third-order valence-corrected chi connectivity index (χ3v) is 4.86. The summed E-state index contributed by atoms with van der Waals surface area (Å²) < 4.78 is 7.02. The molecule has 0 aliphatic rings. The molecule has 0 saturated heterocycles. The number of thiophene rings is 1. The van der Waals surface area contributed by atoms with Gasteiger partial charge in [0.2, 0.25) is 0 Å². The number of nitrogens with two attached hydrogens (primary N) is 1. The highest BCUT2D eigenvalue weighted by molar-refractivity contribution is 9.11. The Bertz CT molecular complexity index is 573. The molecule has 0 amide bonds. The Kier molecular flexibility index (Phi) is 5.90. The van der Waals surface area contributed by atoms with E-state index in [0.29, 0.717) is 6.61 Å². The van der Waals surface area contributed by atoms with Crippen LogP contribution in [-0.4, -0.2) is 6.04 Å². The predicted octanol–water partition coefficient (Wildman–Crippen LogP) is 5.02. The minimum atomic E-state index is 0.131. The van der Waals surface area contributed by atoms with Gasteiger partial charge in [-0.25, -0.2) is 0 Å². The van der Waals surface area contributed by atoms with Crippen LogP contribution in [0.4, 0.5) is 0 Å². The standard InChI is InChI=1S/C15H17BrClNOS/c1-2-12(18)8-10-7-11(17)3-5-14(10)19-9-13-4-6-15(16)20-13/h3-7,12H,2,8-9,18H2,1H3. The minimum Gasteiger partial charge on any atom is -0.488 e. The summed E-state index contributed by atoms with van der Waals surface area (Å²) in [6.07, 6.45) is 1.71. The van der Waals surface area contributed by atoms with E-state index in [4.69, 9.17) is 22.1 Å². The van der Waals surface area contributed by atoms with Gasteiger partial charge in [0.1, 0.15) is 12.4 Å². The Balaban J connectivity index is 2.09. The van der Waals surface area contributed by atoms with E-state index in [-0.39, 0.29) is 6.04 Å². The maximum absolute atomic E-state index is 6.06. The molecule has 1 atom stereocenters. The van der Waals surface area contributed by atoms with Gasteiger partial charge in [-0.1, -0.05) is 18.5 Å². The molecule has 2 aromatic rings. The molecule has 108 valence electrons. The van der Waals surface area contributed by atoms with Gasteiger partial charge in [0.05, 0.1) is 3.79 Å². The van der Waals surface area contributed by atoms with E-state index >= 15 is 0 Å². The third-order valence-electron chi connectivity index (χ3n) is 3.03. The van der Waals surface area contributed by atoms with Gasteiger partial charge in [0.15, 0.2) is 0 Å². The molecule has 0 radical (unpaired) electrons. The molecule has 1 aromatic heterocycles. The molecule has 5 heteroatoms. The molecule has 1 unspecified atom stereocenters. The number of ether oxygens (including phenoxy) is 1. The SMILES string of the molecule is CCC(N)Cc1cc(Cl)ccc1OCc1ccc(Br)s1. The number of benzene rings is 1. The summed E-state index contributed by atoms with van der Waals surface area (Å²) in [6.45, 7) is 2.64. The van der Waals surface area contributed by atoms with Crippen LogP contribution in [-0.2, 0) is 13.0 Å². The van der Waals surface area contributed by atoms with E-state index in [1.807, 2.05) is 24.3 Å². The Labute approximate surface area is 137 Å². The summed E-state index contributed by atoms with van der Waals surface area (Å²) in [4.78, 5) is 1.18. The molecular weight excluding hydrogens is 358 g/mol. The van der Waals surface area contributed by atoms with Crippen molar-refractivity contribution < 1.29 is 4.74 Å². The molecule has 0 spiro atoms. The first kappa shape index (κ1) is 15.8. The fourth-order valence-corrected chi connectivity index (χ4v) is 3.44. The van der Waals surface area contributed by atoms with Crippen molar-refractivity contribution in [2.75, 3.05) is 0 Å². The summed E-state index contributed by atoms with van der Waals surface area (Å²) >= 11 is 11.2. The summed E-state index contributed by atoms with van der Waals surface area (Å²) in [6, 6.07) is 9.93. The molecular formula is C15H17BrClNOS. The van der Waals surface area contributed by atoms with Crippen molar-refractivity contribution in [1.29, 1.82) is 0 Å². The lowest BCUT2D eigenvalue weighted by atomic mass is 10.0. The molecule has 1 heterocycles. The molecule has 2 nitrogen and oxygen atoms in total. The normalized spacial score (nSPS) is 12.4. The fourth-order valence-electron chi connectivity index (χ4n) is 1.85. The van der Waals surface area contributed by atoms with Crippen molar-refractivity contribution in [3.8, 4) is 5.75 Å². The number of halogens is 2. The molecule has 2 N–H and O–H groups in total. The first-order valence-electron chi connectivity index (χ1n) is 6.49. The Morgan fingerprint density at radius 2 is 2.15 bits per heavy atom. The molecule has 0 saturated carbocycles. The topological polar surface area (TPSA) is 35.2 Å². The number of hydrogen-bond donors (Lipinski definition) is 1. The van der Waals surface area contributed by atoms with E-state index in [1.165, 1.54) is 4.88 Å². The second kappa shape index (κ2) is 7.46. The highest BCUT2D eigenvalue weighted by atomic mass is 79.9. The first-order valence-corrected chi connectivity index (χ1v) is 8.48. The maximum atomic E-state index is 6.06. The summed E-state index contributed by atoms with van der Waals surface area (Å²) in [5, 5.41) is 0.717. The zero-order chi connectivity index (χ0) is 14.5. The highest BCUT2D eigenvalue weighted by Crippen LogP contribution is 2.27. The quantitative estimate of drug-likeness (QED) is 0.770. The van der Waals surface area contributed by atoms with Crippen LogP contribution in [0.25, 0.3) is 0 Å². The Morgan fingerprint density at radius 1 is 1.35 bits per heavy atom. The molecule has 2 rings (SSSR count). The van der Waals surface area contributed by atoms with Crippen LogP contribution in [0.5, 0.6) is 5.75 Å². The van der Waals surface area contributed by atoms with Gasteiger partial charge in [-0.05, 0) is 64.7 Å². The second-order valence-corrected chi connectivity index (χ2v) is 7.60. The monoisotopic (exact) mass is 373 g/mol. The summed E-state index contributed by atoms with van der Waals surface area (Å²) in [5.74, 6) is 0.864. The lowest BCUT2D eigenvalue weighted by molar-refractivity contribution is 0.305. The number of rotatable bonds is 6.